The number of oxazole rings is 1. The van der Waals surface area contributed by atoms with Crippen molar-refractivity contribution in [1.29, 1.82) is 0 Å². The maximum atomic E-state index is 11.3. The van der Waals surface area contributed by atoms with Gasteiger partial charge in [-0.15, -0.1) is 0 Å². The molecule has 0 saturated carbocycles. The van der Waals surface area contributed by atoms with Crippen molar-refractivity contribution >= 4 is 11.1 Å². The topological polar surface area (TPSA) is 67.3 Å². The Kier molecular flexibility index (Phi) is 4.12. The van der Waals surface area contributed by atoms with Crippen molar-refractivity contribution < 1.29 is 9.15 Å². The number of hydrogen-bond donors (Lipinski definition) is 2. The molecule has 1 aliphatic heterocycles. The van der Waals surface area contributed by atoms with Crippen LogP contribution in [0.15, 0.2) is 27.4 Å². The Morgan fingerprint density at radius 3 is 3.00 bits per heavy atom. The van der Waals surface area contributed by atoms with Crippen LogP contribution in [-0.2, 0) is 4.74 Å². The highest BCUT2D eigenvalue weighted by Gasteiger charge is 2.30. The molecule has 2 heterocycles. The summed E-state index contributed by atoms with van der Waals surface area (Å²) in [6, 6.07) is 6.01. The van der Waals surface area contributed by atoms with Crippen LogP contribution >= 0.6 is 0 Å². The molecular formula is C16H22N2O3. The predicted octanol–water partition coefficient (Wildman–Crippen LogP) is 2.73. The molecule has 0 amide bonds. The lowest BCUT2D eigenvalue weighted by molar-refractivity contribution is 0.0316. The van der Waals surface area contributed by atoms with Gasteiger partial charge in [0.2, 0.25) is 0 Å². The van der Waals surface area contributed by atoms with Gasteiger partial charge in [-0.05, 0) is 50.4 Å². The van der Waals surface area contributed by atoms with Gasteiger partial charge in [0.15, 0.2) is 5.58 Å². The second-order valence-corrected chi connectivity index (χ2v) is 5.76. The number of rotatable bonds is 5. The highest BCUT2D eigenvalue weighted by atomic mass is 16.5. The Hall–Kier alpha value is -1.59. The van der Waals surface area contributed by atoms with E-state index < -0.39 is 5.76 Å². The average Bonchev–Trinajstić information content (AvgIpc) is 3.04. The average molecular weight is 290 g/mol. The van der Waals surface area contributed by atoms with Crippen molar-refractivity contribution in [3.63, 3.8) is 0 Å². The summed E-state index contributed by atoms with van der Waals surface area (Å²) in [6.45, 7) is 5.20. The first kappa shape index (κ1) is 14.4. The molecule has 1 aliphatic rings. The third-order valence-electron chi connectivity index (χ3n) is 4.06. The molecule has 2 aromatic rings. The number of H-pyrrole nitrogens is 1. The summed E-state index contributed by atoms with van der Waals surface area (Å²) < 4.78 is 11.2. The molecule has 1 aromatic heterocycles. The van der Waals surface area contributed by atoms with Crippen molar-refractivity contribution in [1.82, 2.24) is 10.3 Å². The van der Waals surface area contributed by atoms with Gasteiger partial charge in [0.05, 0.1) is 23.8 Å². The number of aromatic nitrogens is 1. The van der Waals surface area contributed by atoms with Gasteiger partial charge in [-0.1, -0.05) is 13.0 Å². The quantitative estimate of drug-likeness (QED) is 0.888. The molecule has 1 fully saturated rings. The minimum Gasteiger partial charge on any atom is -0.408 e. The molecule has 0 bridgehead atoms. The second kappa shape index (κ2) is 6.03. The first-order valence-corrected chi connectivity index (χ1v) is 7.69. The number of fused-ring (bicyclic) bond motifs is 1. The van der Waals surface area contributed by atoms with Crippen molar-refractivity contribution in [3.8, 4) is 0 Å². The molecule has 5 heteroatoms. The molecule has 3 unspecified atom stereocenters. The van der Waals surface area contributed by atoms with E-state index in [1.807, 2.05) is 18.2 Å². The second-order valence-electron chi connectivity index (χ2n) is 5.76. The lowest BCUT2D eigenvalue weighted by Crippen LogP contribution is -2.32. The molecule has 0 aliphatic carbocycles. The Bertz CT molecular complexity index is 661. The van der Waals surface area contributed by atoms with Gasteiger partial charge >= 0.3 is 5.76 Å². The van der Waals surface area contributed by atoms with Crippen LogP contribution in [0, 0.1) is 0 Å². The van der Waals surface area contributed by atoms with Gasteiger partial charge < -0.3 is 14.5 Å². The summed E-state index contributed by atoms with van der Waals surface area (Å²) in [5.41, 5.74) is 2.45. The molecule has 1 aromatic carbocycles. The SMILES string of the molecule is CCCNC(c1ccc2[nH]c(=O)oc2c1)C1CCC(C)O1. The highest BCUT2D eigenvalue weighted by molar-refractivity contribution is 5.72. The standard InChI is InChI=1S/C16H22N2O3/c1-3-8-17-15(13-7-4-10(2)20-13)11-5-6-12-14(9-11)21-16(19)18-12/h5-6,9-10,13,15,17H,3-4,7-8H2,1-2H3,(H,18,19). The third-order valence-corrected chi connectivity index (χ3v) is 4.06. The molecule has 1 saturated heterocycles. The summed E-state index contributed by atoms with van der Waals surface area (Å²) in [7, 11) is 0. The van der Waals surface area contributed by atoms with Crippen LogP contribution in [0.5, 0.6) is 0 Å². The number of benzene rings is 1. The summed E-state index contributed by atoms with van der Waals surface area (Å²) in [4.78, 5) is 13.9. The minimum atomic E-state index is -0.411. The molecule has 3 atom stereocenters. The molecule has 2 N–H and O–H groups in total. The fraction of sp³-hybridized carbons (Fsp3) is 0.562. The molecule has 0 spiro atoms. The van der Waals surface area contributed by atoms with Crippen LogP contribution in [-0.4, -0.2) is 23.7 Å². The molecule has 0 radical (unpaired) electrons. The minimum absolute atomic E-state index is 0.138. The summed E-state index contributed by atoms with van der Waals surface area (Å²) in [6.07, 6.45) is 3.71. The van der Waals surface area contributed by atoms with Crippen molar-refractivity contribution in [2.45, 2.75) is 51.4 Å². The number of hydrogen-bond acceptors (Lipinski definition) is 4. The van der Waals surface area contributed by atoms with Crippen molar-refractivity contribution in [3.05, 3.63) is 34.3 Å². The van der Waals surface area contributed by atoms with E-state index in [1.54, 1.807) is 0 Å². The van der Waals surface area contributed by atoms with Crippen LogP contribution in [0.2, 0.25) is 0 Å². The van der Waals surface area contributed by atoms with Crippen LogP contribution in [0.25, 0.3) is 11.1 Å². The summed E-state index contributed by atoms with van der Waals surface area (Å²) >= 11 is 0. The van der Waals surface area contributed by atoms with Crippen LogP contribution in [0.1, 0.15) is 44.7 Å². The van der Waals surface area contributed by atoms with Gasteiger partial charge in [-0.2, -0.15) is 0 Å². The maximum Gasteiger partial charge on any atom is 0.417 e. The van der Waals surface area contributed by atoms with E-state index in [-0.39, 0.29) is 12.1 Å². The zero-order valence-electron chi connectivity index (χ0n) is 12.5. The normalized spacial score (nSPS) is 23.7. The lowest BCUT2D eigenvalue weighted by atomic mass is 9.98. The van der Waals surface area contributed by atoms with Crippen LogP contribution < -0.4 is 11.1 Å². The van der Waals surface area contributed by atoms with Crippen LogP contribution in [0.3, 0.4) is 0 Å². The molecule has 3 rings (SSSR count). The van der Waals surface area contributed by atoms with E-state index in [0.29, 0.717) is 11.7 Å². The van der Waals surface area contributed by atoms with E-state index in [4.69, 9.17) is 9.15 Å². The lowest BCUT2D eigenvalue weighted by Gasteiger charge is -2.25. The highest BCUT2D eigenvalue weighted by Crippen LogP contribution is 2.31. The molecule has 114 valence electrons. The molecule has 21 heavy (non-hydrogen) atoms. The van der Waals surface area contributed by atoms with Gasteiger partial charge in [-0.3, -0.25) is 4.98 Å². The van der Waals surface area contributed by atoms with Crippen molar-refractivity contribution in [2.75, 3.05) is 6.54 Å². The van der Waals surface area contributed by atoms with E-state index in [9.17, 15) is 4.79 Å². The van der Waals surface area contributed by atoms with Gasteiger partial charge in [0, 0.05) is 0 Å². The Morgan fingerprint density at radius 1 is 1.43 bits per heavy atom. The monoisotopic (exact) mass is 290 g/mol. The van der Waals surface area contributed by atoms with Crippen LogP contribution in [0.4, 0.5) is 0 Å². The van der Waals surface area contributed by atoms with E-state index in [0.717, 1.165) is 36.9 Å². The Labute approximate surface area is 123 Å². The largest absolute Gasteiger partial charge is 0.417 e. The van der Waals surface area contributed by atoms with Gasteiger partial charge in [-0.25, -0.2) is 4.79 Å². The maximum absolute atomic E-state index is 11.3. The third kappa shape index (κ3) is 3.04. The predicted molar refractivity (Wildman–Crippen MR) is 81.4 cm³/mol. The number of ether oxygens (including phenoxy) is 1. The first-order chi connectivity index (χ1) is 10.2. The van der Waals surface area contributed by atoms with E-state index in [2.05, 4.69) is 24.1 Å². The number of nitrogens with one attached hydrogen (secondary N) is 2. The Balaban J connectivity index is 1.90. The smallest absolute Gasteiger partial charge is 0.408 e. The number of aromatic amines is 1. The first-order valence-electron chi connectivity index (χ1n) is 7.69. The molecular weight excluding hydrogens is 268 g/mol. The fourth-order valence-electron chi connectivity index (χ4n) is 3.00. The van der Waals surface area contributed by atoms with E-state index in [1.165, 1.54) is 0 Å². The van der Waals surface area contributed by atoms with Gasteiger partial charge in [0.1, 0.15) is 0 Å². The van der Waals surface area contributed by atoms with E-state index >= 15 is 0 Å². The summed E-state index contributed by atoms with van der Waals surface area (Å²) in [5, 5.41) is 3.56. The molecule has 5 nitrogen and oxygen atoms in total. The summed E-state index contributed by atoms with van der Waals surface area (Å²) in [5.74, 6) is -0.411. The van der Waals surface area contributed by atoms with Crippen molar-refractivity contribution in [2.24, 2.45) is 0 Å². The Morgan fingerprint density at radius 2 is 2.29 bits per heavy atom. The zero-order valence-corrected chi connectivity index (χ0v) is 12.5. The zero-order chi connectivity index (χ0) is 14.8. The fourth-order valence-corrected chi connectivity index (χ4v) is 3.00. The van der Waals surface area contributed by atoms with Gasteiger partial charge in [0.25, 0.3) is 0 Å².